The Labute approximate surface area is 149 Å². The molecule has 0 atom stereocenters. The van der Waals surface area contributed by atoms with Gasteiger partial charge < -0.3 is 5.11 Å². The average molecular weight is 392 g/mol. The Morgan fingerprint density at radius 2 is 1.74 bits per heavy atom. The summed E-state index contributed by atoms with van der Waals surface area (Å²) in [6.07, 6.45) is 0.701. The molecule has 2 aromatic rings. The van der Waals surface area contributed by atoms with E-state index < -0.39 is 15.6 Å². The topological polar surface area (TPSA) is 57.6 Å². The van der Waals surface area contributed by atoms with Gasteiger partial charge in [-0.15, -0.1) is 11.3 Å². The second-order valence-electron chi connectivity index (χ2n) is 5.49. The summed E-state index contributed by atoms with van der Waals surface area (Å²) >= 11 is 12.7. The van der Waals surface area contributed by atoms with Crippen LogP contribution in [0, 0.1) is 0 Å². The van der Waals surface area contributed by atoms with E-state index in [-0.39, 0.29) is 26.7 Å². The smallest absolute Gasteiger partial charge is 0.252 e. The summed E-state index contributed by atoms with van der Waals surface area (Å²) in [5.41, 5.74) is -0.169. The molecule has 1 aliphatic rings. The number of benzene rings is 1. The fraction of sp³-hybridized carbons (Fsp3) is 0.333. The predicted molar refractivity (Wildman–Crippen MR) is 92.7 cm³/mol. The number of hydrogen-bond acceptors (Lipinski definition) is 4. The fourth-order valence-electron chi connectivity index (χ4n) is 2.71. The van der Waals surface area contributed by atoms with E-state index in [1.165, 1.54) is 10.4 Å². The lowest BCUT2D eigenvalue weighted by molar-refractivity contribution is -0.00958. The van der Waals surface area contributed by atoms with Gasteiger partial charge in [0, 0.05) is 13.1 Å². The Bertz CT molecular complexity index is 778. The van der Waals surface area contributed by atoms with E-state index in [0.717, 1.165) is 16.9 Å². The van der Waals surface area contributed by atoms with Gasteiger partial charge in [0.05, 0.1) is 10.6 Å². The Balaban J connectivity index is 1.78. The highest BCUT2D eigenvalue weighted by atomic mass is 35.5. The van der Waals surface area contributed by atoms with Crippen LogP contribution in [0.3, 0.4) is 0 Å². The standard InChI is InChI=1S/C15H15Cl2NO3S2/c16-12-10-13(22-14(12)17)23(20,21)18-8-6-15(19,7-9-18)11-4-2-1-3-5-11/h1-5,10,19H,6-9H2. The molecule has 0 aliphatic carbocycles. The van der Waals surface area contributed by atoms with Crippen LogP contribution in [0.15, 0.2) is 40.6 Å². The molecule has 1 fully saturated rings. The van der Waals surface area contributed by atoms with E-state index >= 15 is 0 Å². The first-order valence-corrected chi connectivity index (χ1v) is 10.1. The third-order valence-corrected chi connectivity index (χ3v) is 8.29. The van der Waals surface area contributed by atoms with Crippen LogP contribution in [-0.4, -0.2) is 30.9 Å². The maximum Gasteiger partial charge on any atom is 0.252 e. The van der Waals surface area contributed by atoms with Gasteiger partial charge in [-0.1, -0.05) is 53.5 Å². The van der Waals surface area contributed by atoms with E-state index in [9.17, 15) is 13.5 Å². The molecule has 1 aromatic heterocycles. The van der Waals surface area contributed by atoms with Gasteiger partial charge in [-0.3, -0.25) is 0 Å². The molecule has 0 unspecified atom stereocenters. The van der Waals surface area contributed by atoms with Crippen molar-refractivity contribution in [2.75, 3.05) is 13.1 Å². The van der Waals surface area contributed by atoms with Crippen molar-refractivity contribution in [2.45, 2.75) is 22.7 Å². The maximum atomic E-state index is 12.6. The number of halogens is 2. The van der Waals surface area contributed by atoms with Crippen molar-refractivity contribution in [3.63, 3.8) is 0 Å². The zero-order valence-corrected chi connectivity index (χ0v) is 15.2. The molecule has 0 saturated carbocycles. The first-order chi connectivity index (χ1) is 10.8. The second-order valence-corrected chi connectivity index (χ2v) is 9.72. The fourth-order valence-corrected chi connectivity index (χ4v) is 6.19. The van der Waals surface area contributed by atoms with E-state index in [1.807, 2.05) is 30.3 Å². The highest BCUT2D eigenvalue weighted by Crippen LogP contribution is 2.38. The Hall–Kier alpha value is -0.630. The highest BCUT2D eigenvalue weighted by Gasteiger charge is 2.38. The normalized spacial score (nSPS) is 18.9. The lowest BCUT2D eigenvalue weighted by Gasteiger charge is -2.37. The van der Waals surface area contributed by atoms with E-state index in [1.54, 1.807) is 0 Å². The maximum absolute atomic E-state index is 12.6. The summed E-state index contributed by atoms with van der Waals surface area (Å²) in [5, 5.41) is 11.0. The van der Waals surface area contributed by atoms with E-state index in [4.69, 9.17) is 23.2 Å². The molecule has 1 saturated heterocycles. The SMILES string of the molecule is O=S(=O)(c1cc(Cl)c(Cl)s1)N1CCC(O)(c2ccccc2)CC1. The van der Waals surface area contributed by atoms with Crippen molar-refractivity contribution in [3.8, 4) is 0 Å². The highest BCUT2D eigenvalue weighted by molar-refractivity contribution is 7.91. The van der Waals surface area contributed by atoms with Gasteiger partial charge in [0.15, 0.2) is 0 Å². The van der Waals surface area contributed by atoms with Crippen molar-refractivity contribution in [2.24, 2.45) is 0 Å². The summed E-state index contributed by atoms with van der Waals surface area (Å²) in [6, 6.07) is 10.7. The van der Waals surface area contributed by atoms with Crippen LogP contribution in [-0.2, 0) is 15.6 Å². The molecule has 1 aliphatic heterocycles. The van der Waals surface area contributed by atoms with Crippen molar-refractivity contribution in [1.29, 1.82) is 0 Å². The lowest BCUT2D eigenvalue weighted by atomic mass is 9.85. The van der Waals surface area contributed by atoms with Crippen LogP contribution in [0.25, 0.3) is 0 Å². The third kappa shape index (κ3) is 3.29. The van der Waals surface area contributed by atoms with Crippen LogP contribution in [0.5, 0.6) is 0 Å². The zero-order chi connectivity index (χ0) is 16.7. The van der Waals surface area contributed by atoms with Crippen LogP contribution in [0.1, 0.15) is 18.4 Å². The summed E-state index contributed by atoms with van der Waals surface area (Å²) in [4.78, 5) is 0. The van der Waals surface area contributed by atoms with Crippen LogP contribution in [0.2, 0.25) is 9.36 Å². The van der Waals surface area contributed by atoms with E-state index in [0.29, 0.717) is 12.8 Å². The first kappa shape index (κ1) is 17.2. The van der Waals surface area contributed by atoms with Crippen molar-refractivity contribution in [3.05, 3.63) is 51.3 Å². The van der Waals surface area contributed by atoms with E-state index in [2.05, 4.69) is 0 Å². The Kier molecular flexibility index (Phi) is 4.75. The van der Waals surface area contributed by atoms with Crippen molar-refractivity contribution >= 4 is 44.6 Å². The summed E-state index contributed by atoms with van der Waals surface area (Å²) in [6.45, 7) is 0.502. The monoisotopic (exact) mass is 391 g/mol. The van der Waals surface area contributed by atoms with Gasteiger partial charge in [0.1, 0.15) is 8.55 Å². The summed E-state index contributed by atoms with van der Waals surface area (Å²) < 4.78 is 27.1. The van der Waals surface area contributed by atoms with Gasteiger partial charge in [0.2, 0.25) is 0 Å². The molecule has 0 amide bonds. The minimum atomic E-state index is -3.62. The van der Waals surface area contributed by atoms with Crippen LogP contribution >= 0.6 is 34.5 Å². The van der Waals surface area contributed by atoms with Crippen LogP contribution in [0.4, 0.5) is 0 Å². The summed E-state index contributed by atoms with van der Waals surface area (Å²) in [5.74, 6) is 0. The summed E-state index contributed by atoms with van der Waals surface area (Å²) in [7, 11) is -3.62. The molecule has 8 heteroatoms. The number of sulfonamides is 1. The zero-order valence-electron chi connectivity index (χ0n) is 12.1. The van der Waals surface area contributed by atoms with Crippen molar-refractivity contribution < 1.29 is 13.5 Å². The molecule has 4 nitrogen and oxygen atoms in total. The Morgan fingerprint density at radius 3 is 2.26 bits per heavy atom. The molecular formula is C15H15Cl2NO3S2. The third-order valence-electron chi connectivity index (χ3n) is 4.08. The first-order valence-electron chi connectivity index (χ1n) is 7.06. The number of rotatable bonds is 3. The second kappa shape index (κ2) is 6.35. The predicted octanol–water partition coefficient (Wildman–Crippen LogP) is 3.73. The minimum absolute atomic E-state index is 0.137. The van der Waals surface area contributed by atoms with Crippen LogP contribution < -0.4 is 0 Å². The number of aliphatic hydroxyl groups is 1. The number of hydrogen-bond donors (Lipinski definition) is 1. The molecule has 3 rings (SSSR count). The number of nitrogens with zero attached hydrogens (tertiary/aromatic N) is 1. The molecule has 0 radical (unpaired) electrons. The van der Waals surface area contributed by atoms with Gasteiger partial charge in [-0.2, -0.15) is 4.31 Å². The van der Waals surface area contributed by atoms with Gasteiger partial charge in [-0.25, -0.2) is 8.42 Å². The minimum Gasteiger partial charge on any atom is -0.385 e. The molecule has 124 valence electrons. The molecular weight excluding hydrogens is 377 g/mol. The molecule has 23 heavy (non-hydrogen) atoms. The van der Waals surface area contributed by atoms with Gasteiger partial charge >= 0.3 is 0 Å². The molecule has 1 aromatic carbocycles. The molecule has 2 heterocycles. The van der Waals surface area contributed by atoms with Crippen molar-refractivity contribution in [1.82, 2.24) is 4.31 Å². The van der Waals surface area contributed by atoms with Gasteiger partial charge in [-0.05, 0) is 24.5 Å². The number of piperidine rings is 1. The Morgan fingerprint density at radius 1 is 1.13 bits per heavy atom. The molecule has 0 bridgehead atoms. The number of thiophene rings is 1. The molecule has 0 spiro atoms. The lowest BCUT2D eigenvalue weighted by Crippen LogP contribution is -2.44. The quantitative estimate of drug-likeness (QED) is 0.866. The molecule has 1 N–H and O–H groups in total. The van der Waals surface area contributed by atoms with Gasteiger partial charge in [0.25, 0.3) is 10.0 Å². The largest absolute Gasteiger partial charge is 0.385 e. The average Bonchev–Trinajstić information content (AvgIpc) is 2.89.